The van der Waals surface area contributed by atoms with Crippen LogP contribution in [0.1, 0.15) is 19.1 Å². The van der Waals surface area contributed by atoms with E-state index in [2.05, 4.69) is 15.5 Å². The van der Waals surface area contributed by atoms with Crippen molar-refractivity contribution >= 4 is 34.4 Å². The zero-order valence-electron chi connectivity index (χ0n) is 14.1. The van der Waals surface area contributed by atoms with Gasteiger partial charge in [0.05, 0.1) is 16.2 Å². The lowest BCUT2D eigenvalue weighted by molar-refractivity contribution is -0.115. The van der Waals surface area contributed by atoms with Gasteiger partial charge in [-0.2, -0.15) is 0 Å². The molecule has 0 saturated heterocycles. The Balaban J connectivity index is 1.86. The highest BCUT2D eigenvalue weighted by Gasteiger charge is 2.22. The van der Waals surface area contributed by atoms with Crippen LogP contribution in [0, 0.1) is 6.92 Å². The molecule has 8 heteroatoms. The van der Waals surface area contributed by atoms with Crippen LogP contribution in [0.15, 0.2) is 44.8 Å². The molecule has 1 aromatic carbocycles. The van der Waals surface area contributed by atoms with Crippen molar-refractivity contribution in [2.75, 3.05) is 5.32 Å². The Kier molecular flexibility index (Phi) is 4.89. The van der Waals surface area contributed by atoms with Crippen molar-refractivity contribution in [3.05, 3.63) is 46.4 Å². The molecule has 0 saturated carbocycles. The van der Waals surface area contributed by atoms with Crippen LogP contribution in [0.25, 0.3) is 10.9 Å². The van der Waals surface area contributed by atoms with E-state index in [1.54, 1.807) is 38.2 Å². The molecule has 1 N–H and O–H groups in total. The Labute approximate surface area is 148 Å². The van der Waals surface area contributed by atoms with Gasteiger partial charge in [-0.1, -0.05) is 36.0 Å². The number of rotatable bonds is 5. The molecule has 1 unspecified atom stereocenters. The zero-order chi connectivity index (χ0) is 18.0. The average Bonchev–Trinajstić information content (AvgIpc) is 3.01. The first kappa shape index (κ1) is 17.2. The van der Waals surface area contributed by atoms with E-state index in [-0.39, 0.29) is 11.5 Å². The van der Waals surface area contributed by atoms with Crippen molar-refractivity contribution in [3.63, 3.8) is 0 Å². The number of carbonyl (C=O) groups excluding carboxylic acids is 1. The molecule has 7 nitrogen and oxygen atoms in total. The Morgan fingerprint density at radius 1 is 1.40 bits per heavy atom. The number of anilines is 1. The molecule has 0 aliphatic carbocycles. The number of nitrogens with one attached hydrogen (secondary N) is 1. The minimum absolute atomic E-state index is 0.129. The van der Waals surface area contributed by atoms with Crippen LogP contribution in [-0.4, -0.2) is 25.9 Å². The Hall–Kier alpha value is -2.61. The SMILES string of the molecule is CCC(Sc1nc2ccccc2c(=O)n1C)C(=O)Nc1cc(C)on1. The fraction of sp³-hybridized carbons (Fsp3) is 0.294. The van der Waals surface area contributed by atoms with Gasteiger partial charge in [0.25, 0.3) is 5.56 Å². The van der Waals surface area contributed by atoms with Crippen LogP contribution in [-0.2, 0) is 11.8 Å². The van der Waals surface area contributed by atoms with Crippen molar-refractivity contribution in [1.82, 2.24) is 14.7 Å². The molecule has 3 aromatic rings. The predicted octanol–water partition coefficient (Wildman–Crippen LogP) is 2.74. The van der Waals surface area contributed by atoms with Gasteiger partial charge in [-0.25, -0.2) is 4.98 Å². The summed E-state index contributed by atoms with van der Waals surface area (Å²) in [4.78, 5) is 29.5. The first-order valence-electron chi connectivity index (χ1n) is 7.86. The smallest absolute Gasteiger partial charge is 0.261 e. The summed E-state index contributed by atoms with van der Waals surface area (Å²) in [5, 5.41) is 7.15. The lowest BCUT2D eigenvalue weighted by Crippen LogP contribution is -2.27. The van der Waals surface area contributed by atoms with E-state index in [0.29, 0.717) is 34.1 Å². The molecule has 0 aliphatic heterocycles. The Morgan fingerprint density at radius 2 is 2.16 bits per heavy atom. The van der Waals surface area contributed by atoms with Crippen LogP contribution in [0.2, 0.25) is 0 Å². The van der Waals surface area contributed by atoms with Gasteiger partial charge in [-0.15, -0.1) is 0 Å². The fourth-order valence-electron chi connectivity index (χ4n) is 2.38. The largest absolute Gasteiger partial charge is 0.360 e. The molecular weight excluding hydrogens is 340 g/mol. The quantitative estimate of drug-likeness (QED) is 0.557. The molecule has 1 atom stereocenters. The van der Waals surface area contributed by atoms with Gasteiger partial charge in [0, 0.05) is 13.1 Å². The highest BCUT2D eigenvalue weighted by Crippen LogP contribution is 2.25. The fourth-order valence-corrected chi connectivity index (χ4v) is 3.36. The third kappa shape index (κ3) is 3.58. The van der Waals surface area contributed by atoms with E-state index < -0.39 is 5.25 Å². The Bertz CT molecular complexity index is 979. The maximum atomic E-state index is 12.5. The predicted molar refractivity (Wildman–Crippen MR) is 96.8 cm³/mol. The molecule has 0 fully saturated rings. The van der Waals surface area contributed by atoms with Gasteiger partial charge in [0.15, 0.2) is 11.0 Å². The van der Waals surface area contributed by atoms with Crippen molar-refractivity contribution < 1.29 is 9.32 Å². The van der Waals surface area contributed by atoms with E-state index in [4.69, 9.17) is 4.52 Å². The molecule has 0 radical (unpaired) electrons. The molecule has 130 valence electrons. The summed E-state index contributed by atoms with van der Waals surface area (Å²) in [7, 11) is 1.66. The lowest BCUT2D eigenvalue weighted by Gasteiger charge is -2.15. The number of hydrogen-bond donors (Lipinski definition) is 1. The second-order valence-electron chi connectivity index (χ2n) is 5.60. The van der Waals surface area contributed by atoms with E-state index >= 15 is 0 Å². The number of nitrogens with zero attached hydrogens (tertiary/aromatic N) is 3. The maximum absolute atomic E-state index is 12.5. The minimum atomic E-state index is -0.406. The van der Waals surface area contributed by atoms with E-state index in [1.165, 1.54) is 16.3 Å². The Morgan fingerprint density at radius 3 is 2.84 bits per heavy atom. The number of hydrogen-bond acceptors (Lipinski definition) is 6. The van der Waals surface area contributed by atoms with E-state index in [0.717, 1.165) is 0 Å². The van der Waals surface area contributed by atoms with Crippen LogP contribution in [0.4, 0.5) is 5.82 Å². The molecule has 2 aromatic heterocycles. The number of amides is 1. The molecule has 0 spiro atoms. The number of fused-ring (bicyclic) bond motifs is 1. The van der Waals surface area contributed by atoms with Crippen LogP contribution < -0.4 is 10.9 Å². The first-order valence-corrected chi connectivity index (χ1v) is 8.74. The third-order valence-electron chi connectivity index (χ3n) is 3.73. The molecule has 2 heterocycles. The highest BCUT2D eigenvalue weighted by atomic mass is 32.2. The average molecular weight is 358 g/mol. The number of thioether (sulfide) groups is 1. The normalized spacial score (nSPS) is 12.3. The number of aromatic nitrogens is 3. The van der Waals surface area contributed by atoms with E-state index in [9.17, 15) is 9.59 Å². The topological polar surface area (TPSA) is 90.0 Å². The molecule has 0 bridgehead atoms. The van der Waals surface area contributed by atoms with Crippen molar-refractivity contribution in [2.24, 2.45) is 7.05 Å². The molecule has 0 aliphatic rings. The first-order chi connectivity index (χ1) is 12.0. The van der Waals surface area contributed by atoms with Gasteiger partial charge in [0.2, 0.25) is 5.91 Å². The summed E-state index contributed by atoms with van der Waals surface area (Å²) in [5.41, 5.74) is 0.492. The number of benzene rings is 1. The maximum Gasteiger partial charge on any atom is 0.261 e. The van der Waals surface area contributed by atoms with E-state index in [1.807, 2.05) is 13.0 Å². The van der Waals surface area contributed by atoms with Crippen molar-refractivity contribution in [3.8, 4) is 0 Å². The summed E-state index contributed by atoms with van der Waals surface area (Å²) in [6.45, 7) is 3.66. The van der Waals surface area contributed by atoms with Crippen LogP contribution in [0.3, 0.4) is 0 Å². The standard InChI is InChI=1S/C17H18N4O3S/c1-4-13(15(22)19-14-9-10(2)24-20-14)25-17-18-12-8-6-5-7-11(12)16(23)21(17)3/h5-9,13H,4H2,1-3H3,(H,19,20,22). The van der Waals surface area contributed by atoms with Gasteiger partial charge in [-0.05, 0) is 25.5 Å². The third-order valence-corrected chi connectivity index (χ3v) is 5.14. The molecule has 3 rings (SSSR count). The number of aryl methyl sites for hydroxylation is 1. The second kappa shape index (κ2) is 7.10. The van der Waals surface area contributed by atoms with Crippen molar-refractivity contribution in [2.45, 2.75) is 30.7 Å². The molecule has 1 amide bonds. The zero-order valence-corrected chi connectivity index (χ0v) is 15.0. The summed E-state index contributed by atoms with van der Waals surface area (Å²) >= 11 is 1.26. The minimum Gasteiger partial charge on any atom is -0.360 e. The summed E-state index contributed by atoms with van der Waals surface area (Å²) in [6.07, 6.45) is 0.579. The van der Waals surface area contributed by atoms with Gasteiger partial charge in [-0.3, -0.25) is 14.2 Å². The van der Waals surface area contributed by atoms with Crippen LogP contribution in [0.5, 0.6) is 0 Å². The lowest BCUT2D eigenvalue weighted by atomic mass is 10.2. The summed E-state index contributed by atoms with van der Waals surface area (Å²) < 4.78 is 6.43. The summed E-state index contributed by atoms with van der Waals surface area (Å²) in [6, 6.07) is 8.83. The summed E-state index contributed by atoms with van der Waals surface area (Å²) in [5.74, 6) is 0.791. The molecular formula is C17H18N4O3S. The van der Waals surface area contributed by atoms with Gasteiger partial charge >= 0.3 is 0 Å². The van der Waals surface area contributed by atoms with Crippen LogP contribution >= 0.6 is 11.8 Å². The van der Waals surface area contributed by atoms with Gasteiger partial charge in [0.1, 0.15) is 5.76 Å². The van der Waals surface area contributed by atoms with Crippen molar-refractivity contribution in [1.29, 1.82) is 0 Å². The molecule has 25 heavy (non-hydrogen) atoms. The van der Waals surface area contributed by atoms with Gasteiger partial charge < -0.3 is 9.84 Å². The highest BCUT2D eigenvalue weighted by molar-refractivity contribution is 8.00. The number of carbonyl (C=O) groups is 1. The monoisotopic (exact) mass is 358 g/mol. The number of para-hydroxylation sites is 1. The second-order valence-corrected chi connectivity index (χ2v) is 6.77.